The van der Waals surface area contributed by atoms with E-state index in [9.17, 15) is 0 Å². The van der Waals surface area contributed by atoms with Crippen LogP contribution in [0.5, 0.6) is 0 Å². The molecule has 2 unspecified atom stereocenters. The summed E-state index contributed by atoms with van der Waals surface area (Å²) in [5.41, 5.74) is 0. The Morgan fingerprint density at radius 1 is 1.35 bits per heavy atom. The lowest BCUT2D eigenvalue weighted by atomic mass is 9.83. The fourth-order valence-corrected chi connectivity index (χ4v) is 2.78. The monoisotopic (exact) mass is 258 g/mol. The van der Waals surface area contributed by atoms with E-state index in [1.54, 1.807) is 7.11 Å². The average Bonchev–Trinajstić information content (AvgIpc) is 2.35. The lowest BCUT2D eigenvalue weighted by Gasteiger charge is -2.32. The third-order valence-corrected chi connectivity index (χ3v) is 3.82. The minimum Gasteiger partial charge on any atom is -0.385 e. The van der Waals surface area contributed by atoms with Crippen LogP contribution in [0.1, 0.15) is 45.4 Å². The molecular weight excluding hydrogens is 232 g/mol. The van der Waals surface area contributed by atoms with E-state index in [1.165, 1.54) is 32.1 Å². The van der Waals surface area contributed by atoms with Gasteiger partial charge in [-0.25, -0.2) is 0 Å². The van der Waals surface area contributed by atoms with Crippen LogP contribution in [0.15, 0.2) is 0 Å². The molecule has 0 aromatic heterocycles. The number of thiocarbonyl (C=S) groups is 1. The first kappa shape index (κ1) is 14.7. The Balaban J connectivity index is 2.19. The Labute approximate surface area is 111 Å². The van der Waals surface area contributed by atoms with Gasteiger partial charge in [-0.1, -0.05) is 26.2 Å². The van der Waals surface area contributed by atoms with Crippen molar-refractivity contribution in [3.05, 3.63) is 0 Å². The summed E-state index contributed by atoms with van der Waals surface area (Å²) >= 11 is 5.32. The van der Waals surface area contributed by atoms with Crippen molar-refractivity contribution in [1.82, 2.24) is 10.6 Å². The van der Waals surface area contributed by atoms with Crippen LogP contribution in [0.2, 0.25) is 0 Å². The molecule has 0 aromatic carbocycles. The highest BCUT2D eigenvalue weighted by Crippen LogP contribution is 2.26. The largest absolute Gasteiger partial charge is 0.385 e. The van der Waals surface area contributed by atoms with Crippen LogP contribution in [0.3, 0.4) is 0 Å². The van der Waals surface area contributed by atoms with Gasteiger partial charge in [0, 0.05) is 26.3 Å². The smallest absolute Gasteiger partial charge is 0.166 e. The molecule has 0 spiro atoms. The van der Waals surface area contributed by atoms with Crippen molar-refractivity contribution in [1.29, 1.82) is 0 Å². The van der Waals surface area contributed by atoms with Crippen molar-refractivity contribution in [2.45, 2.75) is 51.5 Å². The van der Waals surface area contributed by atoms with Crippen LogP contribution in [-0.2, 0) is 4.74 Å². The van der Waals surface area contributed by atoms with E-state index < -0.39 is 0 Å². The number of hydrogen-bond donors (Lipinski definition) is 2. The lowest BCUT2D eigenvalue weighted by Crippen LogP contribution is -2.46. The standard InChI is InChI=1S/C13H26N2OS/c1-3-11-7-4-5-8-12(11)15-13(17)14-9-6-10-16-2/h11-12H,3-10H2,1-2H3,(H2,14,15,17). The Bertz CT molecular complexity index is 223. The first-order chi connectivity index (χ1) is 8.27. The molecular formula is C13H26N2OS. The van der Waals surface area contributed by atoms with Gasteiger partial charge in [0.05, 0.1) is 0 Å². The molecule has 1 aliphatic carbocycles. The molecule has 0 saturated heterocycles. The summed E-state index contributed by atoms with van der Waals surface area (Å²) < 4.78 is 5.00. The zero-order valence-electron chi connectivity index (χ0n) is 11.1. The highest BCUT2D eigenvalue weighted by molar-refractivity contribution is 7.80. The second kappa shape index (κ2) is 8.70. The van der Waals surface area contributed by atoms with Gasteiger partial charge in [-0.2, -0.15) is 0 Å². The zero-order chi connectivity index (χ0) is 12.5. The van der Waals surface area contributed by atoms with Crippen molar-refractivity contribution in [3.8, 4) is 0 Å². The number of nitrogens with one attached hydrogen (secondary N) is 2. The van der Waals surface area contributed by atoms with Gasteiger partial charge >= 0.3 is 0 Å². The Morgan fingerprint density at radius 2 is 2.12 bits per heavy atom. The van der Waals surface area contributed by atoms with Gasteiger partial charge < -0.3 is 15.4 Å². The fourth-order valence-electron chi connectivity index (χ4n) is 2.52. The molecule has 0 bridgehead atoms. The number of methoxy groups -OCH3 is 1. The molecule has 1 saturated carbocycles. The summed E-state index contributed by atoms with van der Waals surface area (Å²) in [6, 6.07) is 0.580. The topological polar surface area (TPSA) is 33.3 Å². The van der Waals surface area contributed by atoms with Gasteiger partial charge in [0.1, 0.15) is 0 Å². The van der Waals surface area contributed by atoms with Gasteiger partial charge in [0.2, 0.25) is 0 Å². The lowest BCUT2D eigenvalue weighted by molar-refractivity contribution is 0.195. The average molecular weight is 258 g/mol. The molecule has 4 heteroatoms. The zero-order valence-corrected chi connectivity index (χ0v) is 11.9. The van der Waals surface area contributed by atoms with Crippen LogP contribution < -0.4 is 10.6 Å². The Morgan fingerprint density at radius 3 is 2.82 bits per heavy atom. The third kappa shape index (κ3) is 5.68. The van der Waals surface area contributed by atoms with Crippen LogP contribution in [0.4, 0.5) is 0 Å². The summed E-state index contributed by atoms with van der Waals surface area (Å²) in [6.45, 7) is 3.96. The van der Waals surface area contributed by atoms with Gasteiger partial charge in [-0.05, 0) is 37.4 Å². The maximum absolute atomic E-state index is 5.32. The van der Waals surface area contributed by atoms with Gasteiger partial charge in [-0.3, -0.25) is 0 Å². The molecule has 2 atom stereocenters. The molecule has 1 aliphatic rings. The molecule has 0 heterocycles. The number of hydrogen-bond acceptors (Lipinski definition) is 2. The highest BCUT2D eigenvalue weighted by Gasteiger charge is 2.23. The van der Waals surface area contributed by atoms with Crippen molar-refractivity contribution < 1.29 is 4.74 Å². The summed E-state index contributed by atoms with van der Waals surface area (Å²) in [6.07, 6.45) is 7.58. The highest BCUT2D eigenvalue weighted by atomic mass is 32.1. The molecule has 17 heavy (non-hydrogen) atoms. The van der Waals surface area contributed by atoms with Crippen LogP contribution in [-0.4, -0.2) is 31.4 Å². The molecule has 3 nitrogen and oxygen atoms in total. The summed E-state index contributed by atoms with van der Waals surface area (Å²) in [5.74, 6) is 0.794. The van der Waals surface area contributed by atoms with E-state index in [0.717, 1.165) is 30.6 Å². The van der Waals surface area contributed by atoms with Crippen molar-refractivity contribution in [2.75, 3.05) is 20.3 Å². The molecule has 100 valence electrons. The SMILES string of the molecule is CCC1CCCCC1NC(=S)NCCCOC. The molecule has 2 N–H and O–H groups in total. The fraction of sp³-hybridized carbons (Fsp3) is 0.923. The summed E-state index contributed by atoms with van der Waals surface area (Å²) in [7, 11) is 1.73. The molecule has 1 fully saturated rings. The van der Waals surface area contributed by atoms with Gasteiger partial charge in [0.15, 0.2) is 5.11 Å². The van der Waals surface area contributed by atoms with Crippen LogP contribution in [0, 0.1) is 5.92 Å². The van der Waals surface area contributed by atoms with E-state index in [0.29, 0.717) is 6.04 Å². The summed E-state index contributed by atoms with van der Waals surface area (Å²) in [5, 5.41) is 7.54. The minimum atomic E-state index is 0.580. The molecule has 0 aliphatic heterocycles. The van der Waals surface area contributed by atoms with Gasteiger partial charge in [-0.15, -0.1) is 0 Å². The van der Waals surface area contributed by atoms with Crippen LogP contribution >= 0.6 is 12.2 Å². The predicted octanol–water partition coefficient (Wildman–Crippen LogP) is 2.46. The first-order valence-corrected chi connectivity index (χ1v) is 7.22. The molecule has 1 rings (SSSR count). The molecule has 0 amide bonds. The normalized spacial score (nSPS) is 24.4. The predicted molar refractivity (Wildman–Crippen MR) is 76.3 cm³/mol. The van der Waals surface area contributed by atoms with E-state index >= 15 is 0 Å². The minimum absolute atomic E-state index is 0.580. The third-order valence-electron chi connectivity index (χ3n) is 3.56. The van der Waals surface area contributed by atoms with E-state index in [1.807, 2.05) is 0 Å². The van der Waals surface area contributed by atoms with E-state index in [2.05, 4.69) is 17.6 Å². The molecule has 0 radical (unpaired) electrons. The van der Waals surface area contributed by atoms with Gasteiger partial charge in [0.25, 0.3) is 0 Å². The number of rotatable bonds is 6. The quantitative estimate of drug-likeness (QED) is 0.566. The molecule has 0 aromatic rings. The van der Waals surface area contributed by atoms with Crippen molar-refractivity contribution in [3.63, 3.8) is 0 Å². The number of ether oxygens (including phenoxy) is 1. The van der Waals surface area contributed by atoms with Crippen molar-refractivity contribution in [2.24, 2.45) is 5.92 Å². The first-order valence-electron chi connectivity index (χ1n) is 6.81. The Kier molecular flexibility index (Phi) is 7.53. The summed E-state index contributed by atoms with van der Waals surface area (Å²) in [4.78, 5) is 0. The van der Waals surface area contributed by atoms with E-state index in [4.69, 9.17) is 17.0 Å². The Hall–Kier alpha value is -0.350. The maximum Gasteiger partial charge on any atom is 0.166 e. The van der Waals surface area contributed by atoms with Crippen molar-refractivity contribution >= 4 is 17.3 Å². The maximum atomic E-state index is 5.32. The van der Waals surface area contributed by atoms with E-state index in [-0.39, 0.29) is 0 Å². The van der Waals surface area contributed by atoms with Crippen LogP contribution in [0.25, 0.3) is 0 Å². The second-order valence-electron chi connectivity index (χ2n) is 4.81. The second-order valence-corrected chi connectivity index (χ2v) is 5.21.